The molecule has 2 rings (SSSR count). The Hall–Kier alpha value is -2.41. The van der Waals surface area contributed by atoms with Gasteiger partial charge >= 0.3 is 0 Å². The van der Waals surface area contributed by atoms with E-state index in [1.54, 1.807) is 19.1 Å². The Morgan fingerprint density at radius 2 is 1.83 bits per heavy atom. The second-order valence-electron chi connectivity index (χ2n) is 4.99. The van der Waals surface area contributed by atoms with Crippen LogP contribution in [0.1, 0.15) is 12.0 Å². The Kier molecular flexibility index (Phi) is 5.70. The zero-order valence-electron chi connectivity index (χ0n) is 12.5. The Morgan fingerprint density at radius 1 is 1.17 bits per heavy atom. The highest BCUT2D eigenvalue weighted by Gasteiger charge is 2.10. The van der Waals surface area contributed by atoms with E-state index in [0.29, 0.717) is 18.5 Å². The van der Waals surface area contributed by atoms with Crippen LogP contribution in [0.4, 0.5) is 17.1 Å². The monoisotopic (exact) mass is 377 g/mol. The summed E-state index contributed by atoms with van der Waals surface area (Å²) in [5.74, 6) is -0.0987. The molecule has 0 atom stereocenters. The third-order valence-electron chi connectivity index (χ3n) is 3.20. The summed E-state index contributed by atoms with van der Waals surface area (Å²) in [5, 5.41) is 16.6. The van der Waals surface area contributed by atoms with E-state index in [0.717, 1.165) is 15.8 Å². The van der Waals surface area contributed by atoms with Crippen molar-refractivity contribution in [1.29, 1.82) is 0 Å². The first kappa shape index (κ1) is 17.0. The lowest BCUT2D eigenvalue weighted by Crippen LogP contribution is -2.16. The lowest BCUT2D eigenvalue weighted by molar-refractivity contribution is -0.385. The zero-order chi connectivity index (χ0) is 16.8. The average molecular weight is 378 g/mol. The largest absolute Gasteiger partial charge is 0.385 e. The van der Waals surface area contributed by atoms with Gasteiger partial charge in [-0.25, -0.2) is 0 Å². The average Bonchev–Trinajstić information content (AvgIpc) is 2.49. The van der Waals surface area contributed by atoms with Gasteiger partial charge in [0, 0.05) is 40.4 Å². The van der Waals surface area contributed by atoms with Crippen molar-refractivity contribution in [2.24, 2.45) is 0 Å². The van der Waals surface area contributed by atoms with Crippen molar-refractivity contribution >= 4 is 38.9 Å². The van der Waals surface area contributed by atoms with E-state index in [9.17, 15) is 14.9 Å². The fourth-order valence-corrected chi connectivity index (χ4v) is 2.31. The van der Waals surface area contributed by atoms with E-state index < -0.39 is 4.92 Å². The number of nitro benzene ring substituents is 1. The molecular formula is C16H16BrN3O3. The maximum atomic E-state index is 11.8. The van der Waals surface area contributed by atoms with Gasteiger partial charge in [0.1, 0.15) is 0 Å². The van der Waals surface area contributed by atoms with Gasteiger partial charge in [-0.1, -0.05) is 15.9 Å². The van der Waals surface area contributed by atoms with Crippen LogP contribution in [-0.4, -0.2) is 17.4 Å². The number of nitrogens with zero attached hydrogens (tertiary/aromatic N) is 1. The minimum absolute atomic E-state index is 0.0866. The van der Waals surface area contributed by atoms with Crippen LogP contribution < -0.4 is 10.6 Å². The summed E-state index contributed by atoms with van der Waals surface area (Å²) in [4.78, 5) is 22.2. The first-order valence-corrected chi connectivity index (χ1v) is 7.79. The zero-order valence-corrected chi connectivity index (χ0v) is 14.1. The fourth-order valence-electron chi connectivity index (χ4n) is 2.05. The van der Waals surface area contributed by atoms with Crippen LogP contribution in [0.15, 0.2) is 46.9 Å². The van der Waals surface area contributed by atoms with Crippen LogP contribution in [0.25, 0.3) is 0 Å². The molecule has 0 spiro atoms. The molecule has 0 aromatic heterocycles. The number of rotatable bonds is 6. The minimum Gasteiger partial charge on any atom is -0.385 e. The first-order valence-electron chi connectivity index (χ1n) is 7.00. The van der Waals surface area contributed by atoms with E-state index in [1.165, 1.54) is 6.07 Å². The summed E-state index contributed by atoms with van der Waals surface area (Å²) < 4.78 is 0.950. The highest BCUT2D eigenvalue weighted by molar-refractivity contribution is 9.10. The summed E-state index contributed by atoms with van der Waals surface area (Å²) >= 11 is 3.33. The van der Waals surface area contributed by atoms with Crippen LogP contribution in [0.5, 0.6) is 0 Å². The van der Waals surface area contributed by atoms with Crippen molar-refractivity contribution in [3.63, 3.8) is 0 Å². The maximum absolute atomic E-state index is 11.8. The lowest BCUT2D eigenvalue weighted by Gasteiger charge is -2.08. The predicted octanol–water partition coefficient (Wildman–Crippen LogP) is 4.11. The Balaban J connectivity index is 1.82. The van der Waals surface area contributed by atoms with Crippen LogP contribution in [0.2, 0.25) is 0 Å². The molecule has 0 aliphatic carbocycles. The number of hydrogen-bond donors (Lipinski definition) is 2. The molecule has 6 nitrogen and oxygen atoms in total. The molecule has 0 bridgehead atoms. The second-order valence-corrected chi connectivity index (χ2v) is 5.91. The van der Waals surface area contributed by atoms with E-state index in [4.69, 9.17) is 0 Å². The Labute approximate surface area is 142 Å². The Morgan fingerprint density at radius 3 is 2.43 bits per heavy atom. The molecule has 120 valence electrons. The first-order chi connectivity index (χ1) is 11.0. The normalized spacial score (nSPS) is 10.2. The number of nitrogens with one attached hydrogen (secondary N) is 2. The molecule has 0 unspecified atom stereocenters. The molecule has 2 aromatic rings. The molecule has 0 aliphatic rings. The molecule has 0 saturated carbocycles. The number of carbonyl (C=O) groups excluding carboxylic acids is 1. The number of anilines is 2. The van der Waals surface area contributed by atoms with E-state index in [-0.39, 0.29) is 11.6 Å². The van der Waals surface area contributed by atoms with Crippen molar-refractivity contribution in [1.82, 2.24) is 0 Å². The molecule has 0 heterocycles. The number of halogens is 1. The van der Waals surface area contributed by atoms with Gasteiger partial charge in [0.25, 0.3) is 5.69 Å². The molecule has 23 heavy (non-hydrogen) atoms. The van der Waals surface area contributed by atoms with E-state index in [1.807, 2.05) is 24.3 Å². The van der Waals surface area contributed by atoms with Gasteiger partial charge in [-0.15, -0.1) is 0 Å². The number of amides is 1. The van der Waals surface area contributed by atoms with Crippen molar-refractivity contribution in [2.45, 2.75) is 13.3 Å². The van der Waals surface area contributed by atoms with E-state index in [2.05, 4.69) is 26.6 Å². The summed E-state index contributed by atoms with van der Waals surface area (Å²) in [7, 11) is 0. The topological polar surface area (TPSA) is 84.3 Å². The molecule has 7 heteroatoms. The molecule has 0 saturated heterocycles. The molecule has 0 fully saturated rings. The molecule has 2 aromatic carbocycles. The number of aryl methyl sites for hydroxylation is 1. The van der Waals surface area contributed by atoms with Crippen molar-refractivity contribution in [3.05, 3.63) is 62.6 Å². The molecular weight excluding hydrogens is 362 g/mol. The highest BCUT2D eigenvalue weighted by atomic mass is 79.9. The lowest BCUT2D eigenvalue weighted by atomic mass is 10.2. The summed E-state index contributed by atoms with van der Waals surface area (Å²) in [6.07, 6.45) is 0.298. The second kappa shape index (κ2) is 7.73. The Bertz CT molecular complexity index is 717. The van der Waals surface area contributed by atoms with Crippen LogP contribution >= 0.6 is 15.9 Å². The summed E-state index contributed by atoms with van der Waals surface area (Å²) in [6, 6.07) is 12.1. The molecule has 1 amide bonds. The minimum atomic E-state index is -0.412. The van der Waals surface area contributed by atoms with Crippen LogP contribution in [0, 0.1) is 17.0 Å². The van der Waals surface area contributed by atoms with Gasteiger partial charge in [-0.2, -0.15) is 0 Å². The van der Waals surface area contributed by atoms with Gasteiger partial charge in [-0.3, -0.25) is 14.9 Å². The van der Waals surface area contributed by atoms with Crippen molar-refractivity contribution < 1.29 is 9.72 Å². The smallest absolute Gasteiger partial charge is 0.272 e. The number of benzene rings is 2. The molecule has 0 radical (unpaired) electrons. The predicted molar refractivity (Wildman–Crippen MR) is 93.7 cm³/mol. The van der Waals surface area contributed by atoms with Gasteiger partial charge in [0.15, 0.2) is 0 Å². The van der Waals surface area contributed by atoms with Crippen LogP contribution in [0.3, 0.4) is 0 Å². The molecule has 0 aliphatic heterocycles. The van der Waals surface area contributed by atoms with Gasteiger partial charge in [0.05, 0.1) is 4.92 Å². The fraction of sp³-hybridized carbons (Fsp3) is 0.188. The van der Waals surface area contributed by atoms with Gasteiger partial charge in [-0.05, 0) is 43.3 Å². The molecule has 2 N–H and O–H groups in total. The third-order valence-corrected chi connectivity index (χ3v) is 3.73. The third kappa shape index (κ3) is 5.07. The van der Waals surface area contributed by atoms with Crippen LogP contribution in [-0.2, 0) is 4.79 Å². The summed E-state index contributed by atoms with van der Waals surface area (Å²) in [6.45, 7) is 2.13. The van der Waals surface area contributed by atoms with Crippen molar-refractivity contribution in [3.8, 4) is 0 Å². The number of hydrogen-bond acceptors (Lipinski definition) is 4. The SMILES string of the molecule is Cc1cc(NCCC(=O)Nc2ccc(Br)cc2)ccc1[N+](=O)[O-]. The highest BCUT2D eigenvalue weighted by Crippen LogP contribution is 2.21. The van der Waals surface area contributed by atoms with E-state index >= 15 is 0 Å². The quantitative estimate of drug-likeness (QED) is 0.585. The standard InChI is InChI=1S/C16H16BrN3O3/c1-11-10-14(6-7-15(11)20(22)23)18-9-8-16(21)19-13-4-2-12(17)3-5-13/h2-7,10,18H,8-9H2,1H3,(H,19,21). The number of nitro groups is 1. The van der Waals surface area contributed by atoms with Gasteiger partial charge < -0.3 is 10.6 Å². The maximum Gasteiger partial charge on any atom is 0.272 e. The van der Waals surface area contributed by atoms with Gasteiger partial charge in [0.2, 0.25) is 5.91 Å². The van der Waals surface area contributed by atoms with Crippen molar-refractivity contribution in [2.75, 3.05) is 17.2 Å². The number of carbonyl (C=O) groups is 1. The summed E-state index contributed by atoms with van der Waals surface area (Å²) in [5.41, 5.74) is 2.16.